The van der Waals surface area contributed by atoms with Crippen molar-refractivity contribution in [2.75, 3.05) is 26.4 Å². The van der Waals surface area contributed by atoms with Crippen molar-refractivity contribution >= 4 is 22.1 Å². The first kappa shape index (κ1) is 21.1. The van der Waals surface area contributed by atoms with Gasteiger partial charge in [-0.1, -0.05) is 0 Å². The Morgan fingerprint density at radius 3 is 2.21 bits per heavy atom. The molecule has 0 amide bonds. The van der Waals surface area contributed by atoms with Crippen molar-refractivity contribution in [3.05, 3.63) is 0 Å². The number of carbonyl (C=O) groups is 2. The van der Waals surface area contributed by atoms with Gasteiger partial charge in [0.1, 0.15) is 6.61 Å². The van der Waals surface area contributed by atoms with Crippen LogP contribution in [0, 0.1) is 0 Å². The summed E-state index contributed by atoms with van der Waals surface area (Å²) in [7, 11) is -4.88. The second-order valence-electron chi connectivity index (χ2n) is 3.08. The van der Waals surface area contributed by atoms with Crippen LogP contribution < -0.4 is 34.7 Å². The monoisotopic (exact) mass is 308 g/mol. The second-order valence-corrected chi connectivity index (χ2v) is 4.68. The van der Waals surface area contributed by atoms with Gasteiger partial charge in [-0.25, -0.2) is 0 Å². The third-order valence-electron chi connectivity index (χ3n) is 1.68. The summed E-state index contributed by atoms with van der Waals surface area (Å²) in [5.41, 5.74) is 0. The minimum atomic E-state index is -4.88. The van der Waals surface area contributed by atoms with Gasteiger partial charge in [-0.2, -0.15) is 8.42 Å². The molecule has 0 aromatic heterocycles. The zero-order chi connectivity index (χ0) is 14.2. The van der Waals surface area contributed by atoms with Gasteiger partial charge < -0.3 is 24.5 Å². The molecular weight excluding hydrogens is 295 g/mol. The molecule has 0 radical (unpaired) electrons. The van der Waals surface area contributed by atoms with Crippen LogP contribution in [0.2, 0.25) is 0 Å². The van der Waals surface area contributed by atoms with Gasteiger partial charge in [-0.15, -0.1) is 0 Å². The van der Waals surface area contributed by atoms with Crippen LogP contribution in [0.4, 0.5) is 0 Å². The summed E-state index contributed by atoms with van der Waals surface area (Å²) in [5, 5.41) is 16.4. The van der Waals surface area contributed by atoms with Crippen LogP contribution in [-0.2, 0) is 29.2 Å². The predicted molar refractivity (Wildman–Crippen MR) is 53.8 cm³/mol. The molecule has 0 fully saturated rings. The standard InChI is InChI=1S/C8H14O9S.Na/c9-1-2-16-3-4-17-8(12)6(5-7(10)11)18(13,14)15;/h6,9H,1-5H2,(H,10,11)(H,13,14,15);/q;+1/p-1. The van der Waals surface area contributed by atoms with Crippen molar-refractivity contribution in [2.45, 2.75) is 11.7 Å². The number of ether oxygens (including phenoxy) is 2. The van der Waals surface area contributed by atoms with Gasteiger partial charge in [0.15, 0.2) is 5.25 Å². The summed E-state index contributed by atoms with van der Waals surface area (Å²) in [5.74, 6) is -3.22. The number of aliphatic hydroxyl groups excluding tert-OH is 1. The Bertz CT molecular complexity index is 380. The van der Waals surface area contributed by atoms with E-state index in [-0.39, 0.29) is 56.0 Å². The van der Waals surface area contributed by atoms with Crippen LogP contribution >= 0.6 is 0 Å². The SMILES string of the molecule is O=C([O-])CC(C(=O)OCCOCCO)S(=O)(=O)O.[Na+]. The Morgan fingerprint density at radius 2 is 1.79 bits per heavy atom. The van der Waals surface area contributed by atoms with Gasteiger partial charge in [0.05, 0.1) is 19.8 Å². The van der Waals surface area contributed by atoms with Gasteiger partial charge in [-0.05, 0) is 0 Å². The van der Waals surface area contributed by atoms with Gasteiger partial charge in [-0.3, -0.25) is 9.35 Å². The summed E-state index contributed by atoms with van der Waals surface area (Å²) in [4.78, 5) is 21.4. The number of carboxylic acids is 1. The summed E-state index contributed by atoms with van der Waals surface area (Å²) in [6.07, 6.45) is -1.20. The van der Waals surface area contributed by atoms with Crippen LogP contribution in [0.1, 0.15) is 6.42 Å². The number of esters is 1. The van der Waals surface area contributed by atoms with Crippen molar-refractivity contribution in [3.63, 3.8) is 0 Å². The van der Waals surface area contributed by atoms with Crippen LogP contribution in [0.5, 0.6) is 0 Å². The van der Waals surface area contributed by atoms with Crippen LogP contribution in [0.3, 0.4) is 0 Å². The number of hydrogen-bond acceptors (Lipinski definition) is 8. The molecule has 106 valence electrons. The first-order chi connectivity index (χ1) is 8.29. The molecule has 0 saturated carbocycles. The molecule has 1 unspecified atom stereocenters. The van der Waals surface area contributed by atoms with Crippen molar-refractivity contribution in [3.8, 4) is 0 Å². The van der Waals surface area contributed by atoms with E-state index in [0.717, 1.165) is 0 Å². The molecule has 0 aromatic carbocycles. The van der Waals surface area contributed by atoms with Gasteiger partial charge >= 0.3 is 35.5 Å². The molecule has 0 heterocycles. The molecule has 9 nitrogen and oxygen atoms in total. The Balaban J connectivity index is 0. The molecule has 0 aliphatic rings. The molecule has 0 rings (SSSR count). The molecule has 1 atom stereocenters. The molecule has 0 aliphatic carbocycles. The molecule has 19 heavy (non-hydrogen) atoms. The van der Waals surface area contributed by atoms with E-state index >= 15 is 0 Å². The minimum absolute atomic E-state index is 0. The van der Waals surface area contributed by atoms with E-state index in [1.54, 1.807) is 0 Å². The molecule has 0 bridgehead atoms. The Kier molecular flexibility index (Phi) is 11.7. The van der Waals surface area contributed by atoms with E-state index in [2.05, 4.69) is 4.74 Å². The fraction of sp³-hybridized carbons (Fsp3) is 0.750. The maximum Gasteiger partial charge on any atom is 1.00 e. The fourth-order valence-corrected chi connectivity index (χ4v) is 1.58. The average molecular weight is 308 g/mol. The first-order valence-electron chi connectivity index (χ1n) is 4.80. The topological polar surface area (TPSA) is 150 Å². The fourth-order valence-electron chi connectivity index (χ4n) is 0.922. The van der Waals surface area contributed by atoms with E-state index in [9.17, 15) is 23.1 Å². The molecule has 0 saturated heterocycles. The van der Waals surface area contributed by atoms with Crippen LogP contribution in [0.15, 0.2) is 0 Å². The predicted octanol–water partition coefficient (Wildman–Crippen LogP) is -6.06. The van der Waals surface area contributed by atoms with Gasteiger partial charge in [0.25, 0.3) is 10.1 Å². The van der Waals surface area contributed by atoms with Crippen LogP contribution in [0.25, 0.3) is 0 Å². The Morgan fingerprint density at radius 1 is 1.21 bits per heavy atom. The third kappa shape index (κ3) is 10.2. The molecule has 0 aromatic rings. The summed E-state index contributed by atoms with van der Waals surface area (Å²) in [6.45, 7) is -0.654. The van der Waals surface area contributed by atoms with Crippen molar-refractivity contribution in [1.82, 2.24) is 0 Å². The number of aliphatic hydroxyl groups is 1. The zero-order valence-corrected chi connectivity index (χ0v) is 13.1. The quantitative estimate of drug-likeness (QED) is 0.183. The molecular formula is C8H13NaO9S. The number of carboxylic acid groups (broad SMARTS) is 1. The van der Waals surface area contributed by atoms with E-state index < -0.39 is 33.7 Å². The van der Waals surface area contributed by atoms with Crippen molar-refractivity contribution in [2.24, 2.45) is 0 Å². The van der Waals surface area contributed by atoms with Gasteiger partial charge in [0, 0.05) is 12.4 Å². The second kappa shape index (κ2) is 10.5. The smallest absolute Gasteiger partial charge is 0.550 e. The maximum absolute atomic E-state index is 11.2. The Hall–Kier alpha value is -0.230. The summed E-state index contributed by atoms with van der Waals surface area (Å²) < 4.78 is 39.3. The van der Waals surface area contributed by atoms with E-state index in [1.807, 2.05) is 0 Å². The minimum Gasteiger partial charge on any atom is -0.550 e. The zero-order valence-electron chi connectivity index (χ0n) is 10.3. The summed E-state index contributed by atoms with van der Waals surface area (Å²) >= 11 is 0. The van der Waals surface area contributed by atoms with E-state index in [0.29, 0.717) is 0 Å². The molecule has 2 N–H and O–H groups in total. The normalized spacial score (nSPS) is 12.3. The first-order valence-corrected chi connectivity index (χ1v) is 6.30. The van der Waals surface area contributed by atoms with Crippen molar-refractivity contribution in [1.29, 1.82) is 0 Å². The molecule has 11 heteroatoms. The molecule has 0 spiro atoms. The maximum atomic E-state index is 11.2. The Labute approximate surface area is 131 Å². The van der Waals surface area contributed by atoms with E-state index in [1.165, 1.54) is 0 Å². The number of aliphatic carboxylic acids is 1. The van der Waals surface area contributed by atoms with Crippen LogP contribution in [-0.4, -0.2) is 61.7 Å². The molecule has 0 aliphatic heterocycles. The number of carbonyl (C=O) groups excluding carboxylic acids is 2. The largest absolute Gasteiger partial charge is 1.00 e. The number of rotatable bonds is 9. The number of hydrogen-bond donors (Lipinski definition) is 2. The third-order valence-corrected chi connectivity index (χ3v) is 2.76. The van der Waals surface area contributed by atoms with E-state index in [4.69, 9.17) is 14.4 Å². The average Bonchev–Trinajstić information content (AvgIpc) is 2.23. The van der Waals surface area contributed by atoms with Gasteiger partial charge in [0.2, 0.25) is 0 Å². The van der Waals surface area contributed by atoms with Crippen molar-refractivity contribution < 1.29 is 71.8 Å². The summed E-state index contributed by atoms with van der Waals surface area (Å²) in [6, 6.07) is 0.